The van der Waals surface area contributed by atoms with Gasteiger partial charge in [0.2, 0.25) is 5.13 Å². The maximum absolute atomic E-state index is 4.47. The molecule has 1 aliphatic rings. The number of nitrogens with one attached hydrogen (secondary N) is 1. The highest BCUT2D eigenvalue weighted by molar-refractivity contribution is 7.09. The van der Waals surface area contributed by atoms with Crippen molar-refractivity contribution in [2.24, 2.45) is 0 Å². The van der Waals surface area contributed by atoms with E-state index in [1.807, 2.05) is 5.51 Å². The summed E-state index contributed by atoms with van der Waals surface area (Å²) in [7, 11) is 0. The summed E-state index contributed by atoms with van der Waals surface area (Å²) in [4.78, 5) is 8.71. The van der Waals surface area contributed by atoms with Gasteiger partial charge in [-0.3, -0.25) is 0 Å². The van der Waals surface area contributed by atoms with Gasteiger partial charge in [0.05, 0.1) is 11.2 Å². The lowest BCUT2D eigenvalue weighted by atomic mass is 10.3. The first-order valence-electron chi connectivity index (χ1n) is 5.36. The highest BCUT2D eigenvalue weighted by Crippen LogP contribution is 2.39. The zero-order valence-corrected chi connectivity index (χ0v) is 10.4. The van der Waals surface area contributed by atoms with Crippen LogP contribution in [0.1, 0.15) is 30.3 Å². The summed E-state index contributed by atoms with van der Waals surface area (Å²) in [6.07, 6.45) is 3.46. The van der Waals surface area contributed by atoms with Gasteiger partial charge in [0.15, 0.2) is 0 Å². The van der Waals surface area contributed by atoms with E-state index < -0.39 is 0 Å². The van der Waals surface area contributed by atoms with Gasteiger partial charge in [0, 0.05) is 35.8 Å². The van der Waals surface area contributed by atoms with E-state index in [1.54, 1.807) is 11.3 Å². The number of hydrogen-bond acceptors (Lipinski definition) is 6. The Morgan fingerprint density at radius 2 is 2.38 bits per heavy atom. The molecule has 1 aliphatic carbocycles. The van der Waals surface area contributed by atoms with Crippen molar-refractivity contribution in [2.45, 2.75) is 25.2 Å². The molecule has 0 spiro atoms. The van der Waals surface area contributed by atoms with E-state index in [1.165, 1.54) is 24.4 Å². The van der Waals surface area contributed by atoms with Crippen molar-refractivity contribution in [3.05, 3.63) is 22.4 Å². The van der Waals surface area contributed by atoms with Gasteiger partial charge in [0.25, 0.3) is 0 Å². The molecule has 2 aromatic heterocycles. The van der Waals surface area contributed by atoms with Crippen LogP contribution >= 0.6 is 22.9 Å². The summed E-state index contributed by atoms with van der Waals surface area (Å²) in [5.41, 5.74) is 3.01. The maximum atomic E-state index is 4.47. The van der Waals surface area contributed by atoms with Gasteiger partial charge in [-0.2, -0.15) is 4.37 Å². The summed E-state index contributed by atoms with van der Waals surface area (Å²) in [5.74, 6) is 1.67. The molecule has 0 saturated heterocycles. The fraction of sp³-hybridized carbons (Fsp3) is 0.500. The lowest BCUT2D eigenvalue weighted by molar-refractivity contribution is 0.954. The SMILES string of the molecule is c1nc(CCNc2nc(C3CC3)ns2)cs1. The molecular weight excluding hydrogens is 240 g/mol. The van der Waals surface area contributed by atoms with E-state index in [4.69, 9.17) is 0 Å². The van der Waals surface area contributed by atoms with Gasteiger partial charge >= 0.3 is 0 Å². The van der Waals surface area contributed by atoms with E-state index in [2.05, 4.69) is 25.0 Å². The summed E-state index contributed by atoms with van der Waals surface area (Å²) in [6, 6.07) is 0. The minimum atomic E-state index is 0.644. The lowest BCUT2D eigenvalue weighted by Crippen LogP contribution is -2.04. The van der Waals surface area contributed by atoms with E-state index in [0.29, 0.717) is 5.92 Å². The largest absolute Gasteiger partial charge is 0.360 e. The average molecular weight is 252 g/mol. The Balaban J connectivity index is 1.50. The van der Waals surface area contributed by atoms with Crippen molar-refractivity contribution in [3.8, 4) is 0 Å². The van der Waals surface area contributed by atoms with Crippen LogP contribution in [0.4, 0.5) is 5.13 Å². The molecule has 0 aliphatic heterocycles. The molecule has 1 fully saturated rings. The minimum Gasteiger partial charge on any atom is -0.360 e. The molecule has 0 aromatic carbocycles. The summed E-state index contributed by atoms with van der Waals surface area (Å²) >= 11 is 3.10. The molecule has 3 rings (SSSR count). The van der Waals surface area contributed by atoms with E-state index in [0.717, 1.165) is 29.6 Å². The van der Waals surface area contributed by atoms with Crippen LogP contribution in [0.5, 0.6) is 0 Å². The van der Waals surface area contributed by atoms with Crippen LogP contribution in [0.3, 0.4) is 0 Å². The standard InChI is InChI=1S/C10H12N4S2/c1-2-7(1)9-13-10(16-14-9)11-4-3-8-5-15-6-12-8/h5-7H,1-4H2,(H,11,13,14). The Bertz CT molecular complexity index is 447. The first-order chi connectivity index (χ1) is 7.92. The molecular formula is C10H12N4S2. The van der Waals surface area contributed by atoms with Crippen LogP contribution in [-0.4, -0.2) is 20.9 Å². The average Bonchev–Trinajstić information content (AvgIpc) is 2.83. The third kappa shape index (κ3) is 2.38. The summed E-state index contributed by atoms with van der Waals surface area (Å²) in [6.45, 7) is 0.878. The molecule has 84 valence electrons. The van der Waals surface area contributed by atoms with Crippen LogP contribution in [0.15, 0.2) is 10.9 Å². The molecule has 0 bridgehead atoms. The quantitative estimate of drug-likeness (QED) is 0.888. The number of rotatable bonds is 5. The van der Waals surface area contributed by atoms with Crippen molar-refractivity contribution < 1.29 is 0 Å². The predicted octanol–water partition coefficient (Wildman–Crippen LogP) is 2.53. The van der Waals surface area contributed by atoms with Gasteiger partial charge in [-0.1, -0.05) is 0 Å². The van der Waals surface area contributed by atoms with Crippen molar-refractivity contribution in [3.63, 3.8) is 0 Å². The molecule has 2 aromatic rings. The Labute approximate surface area is 102 Å². The van der Waals surface area contributed by atoms with Crippen LogP contribution in [0.25, 0.3) is 0 Å². The molecule has 4 nitrogen and oxygen atoms in total. The monoisotopic (exact) mass is 252 g/mol. The molecule has 16 heavy (non-hydrogen) atoms. The van der Waals surface area contributed by atoms with Crippen molar-refractivity contribution in [1.82, 2.24) is 14.3 Å². The zero-order chi connectivity index (χ0) is 10.8. The Morgan fingerprint density at radius 3 is 3.12 bits per heavy atom. The highest BCUT2D eigenvalue weighted by Gasteiger charge is 2.27. The first-order valence-corrected chi connectivity index (χ1v) is 7.08. The van der Waals surface area contributed by atoms with Crippen LogP contribution in [0.2, 0.25) is 0 Å². The van der Waals surface area contributed by atoms with E-state index in [9.17, 15) is 0 Å². The molecule has 2 heterocycles. The van der Waals surface area contributed by atoms with Crippen molar-refractivity contribution >= 4 is 28.0 Å². The Kier molecular flexibility index (Phi) is 2.84. The number of anilines is 1. The Hall–Kier alpha value is -1.01. The van der Waals surface area contributed by atoms with E-state index in [-0.39, 0.29) is 0 Å². The smallest absolute Gasteiger partial charge is 0.202 e. The third-order valence-corrected chi connectivity index (χ3v) is 3.85. The molecule has 1 saturated carbocycles. The topological polar surface area (TPSA) is 50.7 Å². The summed E-state index contributed by atoms with van der Waals surface area (Å²) < 4.78 is 4.35. The molecule has 6 heteroatoms. The zero-order valence-electron chi connectivity index (χ0n) is 8.72. The second-order valence-corrected chi connectivity index (χ2v) is 5.36. The number of hydrogen-bond donors (Lipinski definition) is 1. The molecule has 0 radical (unpaired) electrons. The molecule has 0 atom stereocenters. The number of thiazole rings is 1. The van der Waals surface area contributed by atoms with Gasteiger partial charge < -0.3 is 5.32 Å². The van der Waals surface area contributed by atoms with Gasteiger partial charge in [0.1, 0.15) is 5.82 Å². The molecule has 1 N–H and O–H groups in total. The summed E-state index contributed by atoms with van der Waals surface area (Å²) in [5, 5.41) is 6.32. The van der Waals surface area contributed by atoms with E-state index >= 15 is 0 Å². The Morgan fingerprint density at radius 1 is 1.44 bits per heavy atom. The number of aromatic nitrogens is 3. The van der Waals surface area contributed by atoms with Crippen molar-refractivity contribution in [1.29, 1.82) is 0 Å². The third-order valence-electron chi connectivity index (χ3n) is 2.53. The van der Waals surface area contributed by atoms with Crippen LogP contribution in [0, 0.1) is 0 Å². The normalized spacial score (nSPS) is 15.2. The lowest BCUT2D eigenvalue weighted by Gasteiger charge is -1.98. The maximum Gasteiger partial charge on any atom is 0.202 e. The predicted molar refractivity (Wildman–Crippen MR) is 66.2 cm³/mol. The molecule has 0 amide bonds. The number of nitrogens with zero attached hydrogens (tertiary/aromatic N) is 3. The molecule has 0 unspecified atom stereocenters. The fourth-order valence-corrected chi connectivity index (χ4v) is 2.74. The highest BCUT2D eigenvalue weighted by atomic mass is 32.1. The van der Waals surface area contributed by atoms with Gasteiger partial charge in [-0.05, 0) is 12.8 Å². The van der Waals surface area contributed by atoms with Crippen LogP contribution < -0.4 is 5.32 Å². The van der Waals surface area contributed by atoms with Crippen LogP contribution in [-0.2, 0) is 6.42 Å². The first kappa shape index (κ1) is 10.2. The fourth-order valence-electron chi connectivity index (χ4n) is 1.47. The second-order valence-electron chi connectivity index (χ2n) is 3.89. The van der Waals surface area contributed by atoms with Gasteiger partial charge in [-0.15, -0.1) is 11.3 Å². The minimum absolute atomic E-state index is 0.644. The van der Waals surface area contributed by atoms with Crippen molar-refractivity contribution in [2.75, 3.05) is 11.9 Å². The van der Waals surface area contributed by atoms with Gasteiger partial charge in [-0.25, -0.2) is 9.97 Å². The second kappa shape index (κ2) is 4.47.